The second-order valence-corrected chi connectivity index (χ2v) is 4.23. The minimum absolute atomic E-state index is 0. The molecule has 1 heterocycles. The van der Waals surface area contributed by atoms with E-state index in [2.05, 4.69) is 11.5 Å². The van der Waals surface area contributed by atoms with Gasteiger partial charge in [-0.3, -0.25) is 0 Å². The largest absolute Gasteiger partial charge is 2.00 e. The van der Waals surface area contributed by atoms with Gasteiger partial charge in [-0.1, -0.05) is 64.1 Å². The molecule has 2 rings (SSSR count). The molecule has 0 N–H and O–H groups in total. The molecule has 1 aliphatic rings. The first-order valence-corrected chi connectivity index (χ1v) is 5.81. The van der Waals surface area contributed by atoms with Gasteiger partial charge < -0.3 is 24.8 Å². The van der Waals surface area contributed by atoms with E-state index in [0.29, 0.717) is 0 Å². The molecular formula is C9H10Cl2PdS2. The molecule has 0 fully saturated rings. The van der Waals surface area contributed by atoms with E-state index in [0.717, 1.165) is 0 Å². The van der Waals surface area contributed by atoms with Gasteiger partial charge in [0.05, 0.1) is 0 Å². The molecule has 5 heteroatoms. The second kappa shape index (κ2) is 16.3. The third kappa shape index (κ3) is 12.9. The Morgan fingerprint density at radius 3 is 1.36 bits per heavy atom. The van der Waals surface area contributed by atoms with Crippen LogP contribution in [0.4, 0.5) is 0 Å². The van der Waals surface area contributed by atoms with Crippen LogP contribution in [0.1, 0.15) is 0 Å². The summed E-state index contributed by atoms with van der Waals surface area (Å²) in [7, 11) is 3.69. The molecule has 0 unspecified atom stereocenters. The molecule has 0 saturated carbocycles. The SMILES string of the molecule is C1=CSSC1.[Cl-].[Cl-].[Pd+2].c1ccccc1. The smallest absolute Gasteiger partial charge is 1.00 e. The summed E-state index contributed by atoms with van der Waals surface area (Å²) in [6, 6.07) is 12.0. The molecule has 14 heavy (non-hydrogen) atoms. The first-order valence-electron chi connectivity index (χ1n) is 3.43. The third-order valence-electron chi connectivity index (χ3n) is 1.05. The molecule has 1 aromatic carbocycles. The fourth-order valence-corrected chi connectivity index (χ4v) is 2.15. The van der Waals surface area contributed by atoms with Crippen molar-refractivity contribution in [2.24, 2.45) is 0 Å². The third-order valence-corrected chi connectivity index (χ3v) is 2.97. The maximum Gasteiger partial charge on any atom is 2.00 e. The Morgan fingerprint density at radius 2 is 1.21 bits per heavy atom. The summed E-state index contributed by atoms with van der Waals surface area (Å²) in [5.74, 6) is 1.20. The fraction of sp³-hybridized carbons (Fsp3) is 0.111. The number of hydrogen-bond acceptors (Lipinski definition) is 2. The van der Waals surface area contributed by atoms with Crippen LogP contribution in [0.2, 0.25) is 0 Å². The fourth-order valence-electron chi connectivity index (χ4n) is 0.581. The van der Waals surface area contributed by atoms with Crippen LogP contribution in [0, 0.1) is 0 Å². The van der Waals surface area contributed by atoms with E-state index in [-0.39, 0.29) is 45.2 Å². The number of benzene rings is 1. The van der Waals surface area contributed by atoms with Gasteiger partial charge in [0, 0.05) is 5.75 Å². The van der Waals surface area contributed by atoms with Gasteiger partial charge in [0.2, 0.25) is 0 Å². The van der Waals surface area contributed by atoms with Crippen molar-refractivity contribution in [1.29, 1.82) is 0 Å². The summed E-state index contributed by atoms with van der Waals surface area (Å²) in [6.45, 7) is 0. The van der Waals surface area contributed by atoms with Gasteiger partial charge in [-0.05, 0) is 5.41 Å². The molecule has 0 nitrogen and oxygen atoms in total. The quantitative estimate of drug-likeness (QED) is 0.374. The molecular weight excluding hydrogens is 350 g/mol. The van der Waals surface area contributed by atoms with Crippen molar-refractivity contribution < 1.29 is 45.2 Å². The molecule has 1 aliphatic heterocycles. The van der Waals surface area contributed by atoms with Gasteiger partial charge in [0.25, 0.3) is 0 Å². The van der Waals surface area contributed by atoms with Crippen LogP contribution in [0.25, 0.3) is 0 Å². The van der Waals surface area contributed by atoms with Crippen LogP contribution in [0.3, 0.4) is 0 Å². The van der Waals surface area contributed by atoms with E-state index in [1.165, 1.54) is 5.75 Å². The van der Waals surface area contributed by atoms with Crippen molar-refractivity contribution >= 4 is 21.6 Å². The summed E-state index contributed by atoms with van der Waals surface area (Å²) in [5.41, 5.74) is 0. The molecule has 0 amide bonds. The average molecular weight is 360 g/mol. The van der Waals surface area contributed by atoms with Gasteiger partial charge in [-0.25, -0.2) is 0 Å². The zero-order chi connectivity index (χ0) is 7.78. The maximum atomic E-state index is 2.16. The molecule has 82 valence electrons. The average Bonchev–Trinajstić information content (AvgIpc) is 2.64. The Balaban J connectivity index is -0.000000144. The van der Waals surface area contributed by atoms with Crippen molar-refractivity contribution in [1.82, 2.24) is 0 Å². The van der Waals surface area contributed by atoms with E-state index in [4.69, 9.17) is 0 Å². The number of hydrogen-bond donors (Lipinski definition) is 0. The molecule has 1 aromatic rings. The van der Waals surface area contributed by atoms with Crippen LogP contribution in [0.15, 0.2) is 47.9 Å². The van der Waals surface area contributed by atoms with E-state index >= 15 is 0 Å². The Labute approximate surface area is 120 Å². The first kappa shape index (κ1) is 20.3. The summed E-state index contributed by atoms with van der Waals surface area (Å²) < 4.78 is 0. The topological polar surface area (TPSA) is 0 Å². The monoisotopic (exact) mass is 358 g/mol. The minimum Gasteiger partial charge on any atom is -1.00 e. The van der Waals surface area contributed by atoms with Crippen LogP contribution in [-0.2, 0) is 20.4 Å². The summed E-state index contributed by atoms with van der Waals surface area (Å²) >= 11 is 0. The van der Waals surface area contributed by atoms with Gasteiger partial charge >= 0.3 is 20.4 Å². The van der Waals surface area contributed by atoms with Crippen molar-refractivity contribution in [2.75, 3.05) is 5.75 Å². The summed E-state index contributed by atoms with van der Waals surface area (Å²) in [5, 5.41) is 2.12. The minimum atomic E-state index is 0. The molecule has 0 saturated heterocycles. The number of halogens is 2. The van der Waals surface area contributed by atoms with E-state index in [9.17, 15) is 0 Å². The Kier molecular flexibility index (Phi) is 23.7. The molecule has 0 bridgehead atoms. The van der Waals surface area contributed by atoms with E-state index < -0.39 is 0 Å². The number of rotatable bonds is 0. The molecule has 0 atom stereocenters. The first-order chi connectivity index (χ1) is 5.50. The standard InChI is InChI=1S/C6H6.C3H4S2.2ClH.Pd/c1-2-4-6-5-3-1;1-2-4-5-3-1;;;/h1-6H;1-2H,3H2;2*1H;/q;;;;+2/p-2. The van der Waals surface area contributed by atoms with Crippen molar-refractivity contribution in [2.45, 2.75) is 0 Å². The molecule has 0 aromatic heterocycles. The van der Waals surface area contributed by atoms with E-state index in [1.807, 2.05) is 58.0 Å². The predicted octanol–water partition coefficient (Wildman–Crippen LogP) is -2.41. The van der Waals surface area contributed by atoms with Crippen LogP contribution < -0.4 is 24.8 Å². The molecule has 0 aliphatic carbocycles. The Bertz CT molecular complexity index is 175. The van der Waals surface area contributed by atoms with Gasteiger partial charge in [-0.15, -0.1) is 0 Å². The van der Waals surface area contributed by atoms with Crippen molar-refractivity contribution in [3.8, 4) is 0 Å². The van der Waals surface area contributed by atoms with Gasteiger partial charge in [0.1, 0.15) is 0 Å². The van der Waals surface area contributed by atoms with Crippen LogP contribution >= 0.6 is 21.6 Å². The zero-order valence-corrected chi connectivity index (χ0v) is 11.9. The van der Waals surface area contributed by atoms with Gasteiger partial charge in [0.15, 0.2) is 0 Å². The van der Waals surface area contributed by atoms with E-state index in [1.54, 1.807) is 0 Å². The van der Waals surface area contributed by atoms with Crippen molar-refractivity contribution in [3.63, 3.8) is 0 Å². The zero-order valence-electron chi connectivity index (χ0n) is 7.21. The van der Waals surface area contributed by atoms with Crippen LogP contribution in [0.5, 0.6) is 0 Å². The van der Waals surface area contributed by atoms with Crippen LogP contribution in [-0.4, -0.2) is 5.75 Å². The molecule has 0 radical (unpaired) electrons. The Hall–Kier alpha value is 0.902. The second-order valence-electron chi connectivity index (χ2n) is 1.91. The maximum absolute atomic E-state index is 2.16. The normalized spacial score (nSPS) is 10.9. The predicted molar refractivity (Wildman–Crippen MR) is 55.6 cm³/mol. The van der Waals surface area contributed by atoms with Crippen molar-refractivity contribution in [3.05, 3.63) is 47.9 Å². The summed E-state index contributed by atoms with van der Waals surface area (Å²) in [6.07, 6.45) is 2.16. The Morgan fingerprint density at radius 1 is 0.786 bits per heavy atom. The van der Waals surface area contributed by atoms with Gasteiger partial charge in [-0.2, -0.15) is 0 Å². The molecule has 0 spiro atoms. The summed E-state index contributed by atoms with van der Waals surface area (Å²) in [4.78, 5) is 0.